The predicted molar refractivity (Wildman–Crippen MR) is 37.3 cm³/mol. The van der Waals surface area contributed by atoms with Crippen LogP contribution in [0.1, 0.15) is 26.7 Å². The first-order valence-electron chi connectivity index (χ1n) is 3.64. The van der Waals surface area contributed by atoms with Crippen molar-refractivity contribution < 1.29 is 5.11 Å². The minimum absolute atomic E-state index is 0.124. The Labute approximate surface area is 56.3 Å². The van der Waals surface area contributed by atoms with E-state index in [1.807, 2.05) is 6.92 Å². The molecule has 0 spiro atoms. The lowest BCUT2D eigenvalue weighted by molar-refractivity contribution is 0.0901. The SMILES string of the molecule is C[C@@H]1CC[C@@H](O)[C@H](C)N1. The second-order valence-corrected chi connectivity index (χ2v) is 3.00. The van der Waals surface area contributed by atoms with E-state index in [-0.39, 0.29) is 12.1 Å². The Bertz CT molecular complexity index is 94.9. The van der Waals surface area contributed by atoms with Crippen LogP contribution in [0.15, 0.2) is 0 Å². The summed E-state index contributed by atoms with van der Waals surface area (Å²) in [6.07, 6.45) is 1.93. The zero-order valence-corrected chi connectivity index (χ0v) is 6.09. The fourth-order valence-electron chi connectivity index (χ4n) is 1.31. The molecule has 1 fully saturated rings. The van der Waals surface area contributed by atoms with Crippen LogP contribution in [-0.4, -0.2) is 23.3 Å². The van der Waals surface area contributed by atoms with Crippen molar-refractivity contribution in [3.63, 3.8) is 0 Å². The lowest BCUT2D eigenvalue weighted by Crippen LogP contribution is -2.47. The maximum atomic E-state index is 9.23. The number of hydrogen-bond donors (Lipinski definition) is 2. The zero-order chi connectivity index (χ0) is 6.85. The molecular formula is C7H15NO. The van der Waals surface area contributed by atoms with E-state index in [0.29, 0.717) is 6.04 Å². The van der Waals surface area contributed by atoms with Gasteiger partial charge in [0.1, 0.15) is 0 Å². The maximum Gasteiger partial charge on any atom is 0.0691 e. The topological polar surface area (TPSA) is 32.3 Å². The molecule has 1 aliphatic heterocycles. The Morgan fingerprint density at radius 2 is 2.00 bits per heavy atom. The summed E-state index contributed by atoms with van der Waals surface area (Å²) in [6, 6.07) is 0.872. The third kappa shape index (κ3) is 1.66. The lowest BCUT2D eigenvalue weighted by Gasteiger charge is -2.30. The van der Waals surface area contributed by atoms with Crippen molar-refractivity contribution >= 4 is 0 Å². The fraction of sp³-hybridized carbons (Fsp3) is 1.00. The molecule has 3 atom stereocenters. The summed E-state index contributed by atoms with van der Waals surface area (Å²) in [6.45, 7) is 4.18. The highest BCUT2D eigenvalue weighted by atomic mass is 16.3. The van der Waals surface area contributed by atoms with Crippen molar-refractivity contribution in [3.05, 3.63) is 0 Å². The Hall–Kier alpha value is -0.0800. The normalized spacial score (nSPS) is 45.0. The number of aliphatic hydroxyl groups is 1. The predicted octanol–water partition coefficient (Wildman–Crippen LogP) is 0.508. The van der Waals surface area contributed by atoms with E-state index in [0.717, 1.165) is 12.8 Å². The third-order valence-corrected chi connectivity index (χ3v) is 2.02. The summed E-state index contributed by atoms with van der Waals surface area (Å²) in [4.78, 5) is 0. The van der Waals surface area contributed by atoms with E-state index in [4.69, 9.17) is 0 Å². The quantitative estimate of drug-likeness (QED) is 0.499. The maximum absolute atomic E-state index is 9.23. The van der Waals surface area contributed by atoms with Crippen LogP contribution in [-0.2, 0) is 0 Å². The number of rotatable bonds is 0. The molecule has 0 amide bonds. The van der Waals surface area contributed by atoms with Gasteiger partial charge in [-0.25, -0.2) is 0 Å². The summed E-state index contributed by atoms with van der Waals surface area (Å²) in [5, 5.41) is 12.5. The lowest BCUT2D eigenvalue weighted by atomic mass is 9.98. The van der Waals surface area contributed by atoms with Crippen molar-refractivity contribution in [1.29, 1.82) is 0 Å². The summed E-state index contributed by atoms with van der Waals surface area (Å²) in [5.74, 6) is 0. The Kier molecular flexibility index (Phi) is 2.09. The zero-order valence-electron chi connectivity index (χ0n) is 6.09. The van der Waals surface area contributed by atoms with E-state index >= 15 is 0 Å². The molecular weight excluding hydrogens is 114 g/mol. The van der Waals surface area contributed by atoms with Gasteiger partial charge in [-0.1, -0.05) is 0 Å². The Morgan fingerprint density at radius 3 is 2.44 bits per heavy atom. The van der Waals surface area contributed by atoms with Crippen LogP contribution in [0.4, 0.5) is 0 Å². The van der Waals surface area contributed by atoms with Gasteiger partial charge in [-0.2, -0.15) is 0 Å². The van der Waals surface area contributed by atoms with Gasteiger partial charge in [0, 0.05) is 12.1 Å². The standard InChI is InChI=1S/C7H15NO/c1-5-3-4-7(9)6(2)8-5/h5-9H,3-4H2,1-2H3/t5-,6+,7-/m1/s1. The molecule has 0 unspecified atom stereocenters. The van der Waals surface area contributed by atoms with Crippen molar-refractivity contribution in [2.24, 2.45) is 0 Å². The molecule has 2 N–H and O–H groups in total. The van der Waals surface area contributed by atoms with Crippen molar-refractivity contribution in [2.45, 2.75) is 44.9 Å². The van der Waals surface area contributed by atoms with Crippen LogP contribution in [0.2, 0.25) is 0 Å². The number of hydrogen-bond acceptors (Lipinski definition) is 2. The van der Waals surface area contributed by atoms with Gasteiger partial charge in [-0.15, -0.1) is 0 Å². The van der Waals surface area contributed by atoms with E-state index in [2.05, 4.69) is 12.2 Å². The highest BCUT2D eigenvalue weighted by Gasteiger charge is 2.21. The summed E-state index contributed by atoms with van der Waals surface area (Å²) >= 11 is 0. The summed E-state index contributed by atoms with van der Waals surface area (Å²) < 4.78 is 0. The molecule has 0 bridgehead atoms. The van der Waals surface area contributed by atoms with Gasteiger partial charge in [-0.3, -0.25) is 0 Å². The molecule has 2 heteroatoms. The van der Waals surface area contributed by atoms with Gasteiger partial charge in [0.25, 0.3) is 0 Å². The fourth-order valence-corrected chi connectivity index (χ4v) is 1.31. The molecule has 9 heavy (non-hydrogen) atoms. The minimum Gasteiger partial charge on any atom is -0.392 e. The van der Waals surface area contributed by atoms with Crippen LogP contribution in [0.3, 0.4) is 0 Å². The van der Waals surface area contributed by atoms with Crippen LogP contribution in [0.5, 0.6) is 0 Å². The molecule has 1 aliphatic rings. The number of nitrogens with one attached hydrogen (secondary N) is 1. The summed E-state index contributed by atoms with van der Waals surface area (Å²) in [5.41, 5.74) is 0. The molecule has 54 valence electrons. The Balaban J connectivity index is 2.35. The second-order valence-electron chi connectivity index (χ2n) is 3.00. The van der Waals surface area contributed by atoms with Gasteiger partial charge in [0.2, 0.25) is 0 Å². The summed E-state index contributed by atoms with van der Waals surface area (Å²) in [7, 11) is 0. The Morgan fingerprint density at radius 1 is 1.33 bits per heavy atom. The number of piperidine rings is 1. The average Bonchev–Trinajstić information content (AvgIpc) is 1.80. The molecule has 1 rings (SSSR count). The largest absolute Gasteiger partial charge is 0.392 e. The van der Waals surface area contributed by atoms with Gasteiger partial charge >= 0.3 is 0 Å². The first-order chi connectivity index (χ1) is 4.20. The molecule has 0 saturated carbocycles. The molecule has 2 nitrogen and oxygen atoms in total. The monoisotopic (exact) mass is 129 g/mol. The van der Waals surface area contributed by atoms with Crippen LogP contribution < -0.4 is 5.32 Å². The van der Waals surface area contributed by atoms with Crippen LogP contribution in [0, 0.1) is 0 Å². The second kappa shape index (κ2) is 2.67. The molecule has 0 aromatic carbocycles. The van der Waals surface area contributed by atoms with Gasteiger partial charge in [0.15, 0.2) is 0 Å². The van der Waals surface area contributed by atoms with Crippen LogP contribution >= 0.6 is 0 Å². The van der Waals surface area contributed by atoms with Crippen molar-refractivity contribution in [1.82, 2.24) is 5.32 Å². The minimum atomic E-state index is -0.124. The molecule has 1 saturated heterocycles. The first kappa shape index (κ1) is 7.03. The molecule has 0 aromatic rings. The van der Waals surface area contributed by atoms with Gasteiger partial charge in [0.05, 0.1) is 6.10 Å². The van der Waals surface area contributed by atoms with E-state index in [9.17, 15) is 5.11 Å². The highest BCUT2D eigenvalue weighted by Crippen LogP contribution is 2.11. The van der Waals surface area contributed by atoms with Crippen molar-refractivity contribution in [2.75, 3.05) is 0 Å². The number of aliphatic hydroxyl groups excluding tert-OH is 1. The van der Waals surface area contributed by atoms with Gasteiger partial charge < -0.3 is 10.4 Å². The van der Waals surface area contributed by atoms with Crippen LogP contribution in [0.25, 0.3) is 0 Å². The molecule has 1 heterocycles. The van der Waals surface area contributed by atoms with E-state index < -0.39 is 0 Å². The third-order valence-electron chi connectivity index (χ3n) is 2.02. The highest BCUT2D eigenvalue weighted by molar-refractivity contribution is 4.80. The van der Waals surface area contributed by atoms with Gasteiger partial charge in [-0.05, 0) is 26.7 Å². The smallest absolute Gasteiger partial charge is 0.0691 e. The average molecular weight is 129 g/mol. The van der Waals surface area contributed by atoms with E-state index in [1.165, 1.54) is 0 Å². The first-order valence-corrected chi connectivity index (χ1v) is 3.64. The van der Waals surface area contributed by atoms with E-state index in [1.54, 1.807) is 0 Å². The molecule has 0 aromatic heterocycles. The van der Waals surface area contributed by atoms with Crippen molar-refractivity contribution in [3.8, 4) is 0 Å². The molecule has 0 aliphatic carbocycles. The molecule has 0 radical (unpaired) electrons.